The summed E-state index contributed by atoms with van der Waals surface area (Å²) in [7, 11) is 0. The van der Waals surface area contributed by atoms with E-state index in [0.717, 1.165) is 0 Å². The van der Waals surface area contributed by atoms with Crippen LogP contribution in [0.15, 0.2) is 24.3 Å². The summed E-state index contributed by atoms with van der Waals surface area (Å²) in [6.45, 7) is 0. The number of carboxylic acid groups (broad SMARTS) is 1. The van der Waals surface area contributed by atoms with Crippen LogP contribution in [0, 0.1) is 0 Å². The normalized spacial score (nSPS) is 12.8. The molecule has 1 aromatic rings. The van der Waals surface area contributed by atoms with Crippen LogP contribution < -0.4 is 5.73 Å². The van der Waals surface area contributed by atoms with Crippen molar-refractivity contribution in [3.8, 4) is 0 Å². The van der Waals surface area contributed by atoms with Gasteiger partial charge in [0.05, 0.1) is 0 Å². The molecule has 0 saturated heterocycles. The molecule has 1 atom stereocenters. The van der Waals surface area contributed by atoms with E-state index in [-0.39, 0.29) is 12.8 Å². The van der Waals surface area contributed by atoms with Crippen molar-refractivity contribution in [2.45, 2.75) is 25.3 Å². The number of halogens is 2. The Morgan fingerprint density at radius 3 is 2.19 bits per heavy atom. The summed E-state index contributed by atoms with van der Waals surface area (Å²) in [5.74, 6) is -1.13. The Morgan fingerprint density at radius 2 is 1.75 bits per heavy atom. The molecule has 0 aliphatic carbocycles. The highest BCUT2D eigenvalue weighted by atomic mass is 19.3. The van der Waals surface area contributed by atoms with Crippen LogP contribution in [0.1, 0.15) is 11.1 Å². The second kappa shape index (κ2) is 5.55. The standard InChI is InChI=1S/C11H13F2NO2/c12-10(13)6-8-4-2-1-3-7(8)5-9(14)11(15)16/h1-4,9-10H,5-6,14H2,(H,15,16). The molecule has 3 N–H and O–H groups in total. The summed E-state index contributed by atoms with van der Waals surface area (Å²) < 4.78 is 24.5. The molecule has 1 rings (SSSR count). The molecule has 0 radical (unpaired) electrons. The van der Waals surface area contributed by atoms with Gasteiger partial charge in [-0.1, -0.05) is 24.3 Å². The Hall–Kier alpha value is -1.49. The number of alkyl halides is 2. The summed E-state index contributed by atoms with van der Waals surface area (Å²) in [4.78, 5) is 10.6. The van der Waals surface area contributed by atoms with Gasteiger partial charge in [-0.05, 0) is 17.5 Å². The molecule has 3 nitrogen and oxygen atoms in total. The predicted molar refractivity (Wildman–Crippen MR) is 55.5 cm³/mol. The minimum Gasteiger partial charge on any atom is -0.480 e. The van der Waals surface area contributed by atoms with Gasteiger partial charge in [-0.3, -0.25) is 4.79 Å². The topological polar surface area (TPSA) is 63.3 Å². The van der Waals surface area contributed by atoms with E-state index in [0.29, 0.717) is 11.1 Å². The molecule has 0 heterocycles. The van der Waals surface area contributed by atoms with Crippen LogP contribution in [0.4, 0.5) is 8.78 Å². The fraction of sp³-hybridized carbons (Fsp3) is 0.364. The van der Waals surface area contributed by atoms with Gasteiger partial charge in [0.15, 0.2) is 0 Å². The Balaban J connectivity index is 2.82. The number of rotatable bonds is 5. The van der Waals surface area contributed by atoms with Gasteiger partial charge in [0, 0.05) is 6.42 Å². The first-order valence-electron chi connectivity index (χ1n) is 4.84. The predicted octanol–water partition coefficient (Wildman–Crippen LogP) is 1.45. The van der Waals surface area contributed by atoms with Gasteiger partial charge in [-0.25, -0.2) is 8.78 Å². The summed E-state index contributed by atoms with van der Waals surface area (Å²) in [6, 6.07) is 5.46. The highest BCUT2D eigenvalue weighted by Gasteiger charge is 2.15. The van der Waals surface area contributed by atoms with Gasteiger partial charge in [0.25, 0.3) is 0 Å². The van der Waals surface area contributed by atoms with Gasteiger partial charge in [0.2, 0.25) is 6.43 Å². The van der Waals surface area contributed by atoms with Crippen molar-refractivity contribution in [3.63, 3.8) is 0 Å². The summed E-state index contributed by atoms with van der Waals surface area (Å²) in [5.41, 5.74) is 6.38. The maximum absolute atomic E-state index is 12.2. The van der Waals surface area contributed by atoms with Crippen LogP contribution in [0.25, 0.3) is 0 Å². The fourth-order valence-corrected chi connectivity index (χ4v) is 1.45. The van der Waals surface area contributed by atoms with Crippen LogP contribution in [0.3, 0.4) is 0 Å². The van der Waals surface area contributed by atoms with Gasteiger partial charge in [-0.2, -0.15) is 0 Å². The first-order chi connectivity index (χ1) is 7.50. The minimum absolute atomic E-state index is 0.0677. The molecule has 16 heavy (non-hydrogen) atoms. The molecule has 0 aromatic heterocycles. The van der Waals surface area contributed by atoms with Crippen LogP contribution in [0.2, 0.25) is 0 Å². The van der Waals surface area contributed by atoms with E-state index in [1.54, 1.807) is 24.3 Å². The molecule has 1 aromatic carbocycles. The number of carboxylic acids is 1. The van der Waals surface area contributed by atoms with Crippen molar-refractivity contribution < 1.29 is 18.7 Å². The van der Waals surface area contributed by atoms with Crippen LogP contribution in [-0.2, 0) is 17.6 Å². The number of aliphatic carboxylic acids is 1. The Bertz CT molecular complexity index is 369. The molecule has 1 unspecified atom stereocenters. The lowest BCUT2D eigenvalue weighted by molar-refractivity contribution is -0.138. The van der Waals surface area contributed by atoms with Gasteiger partial charge in [0.1, 0.15) is 6.04 Å². The maximum atomic E-state index is 12.2. The van der Waals surface area contributed by atoms with Crippen molar-refractivity contribution in [1.29, 1.82) is 0 Å². The molecular formula is C11H13F2NO2. The first-order valence-corrected chi connectivity index (χ1v) is 4.84. The SMILES string of the molecule is NC(Cc1ccccc1CC(F)F)C(=O)O. The summed E-state index contributed by atoms with van der Waals surface area (Å²) in [6.07, 6.45) is -2.75. The Labute approximate surface area is 91.9 Å². The maximum Gasteiger partial charge on any atom is 0.320 e. The zero-order valence-electron chi connectivity index (χ0n) is 8.57. The van der Waals surface area contributed by atoms with E-state index in [1.807, 2.05) is 0 Å². The van der Waals surface area contributed by atoms with E-state index < -0.39 is 18.4 Å². The molecule has 0 bridgehead atoms. The molecule has 5 heteroatoms. The first kappa shape index (κ1) is 12.6. The van der Waals surface area contributed by atoms with Crippen molar-refractivity contribution >= 4 is 5.97 Å². The molecule has 0 spiro atoms. The lowest BCUT2D eigenvalue weighted by Crippen LogP contribution is -2.32. The van der Waals surface area contributed by atoms with Gasteiger partial charge < -0.3 is 10.8 Å². The van der Waals surface area contributed by atoms with E-state index in [9.17, 15) is 13.6 Å². The van der Waals surface area contributed by atoms with Crippen molar-refractivity contribution in [2.24, 2.45) is 5.73 Å². The van der Waals surface area contributed by atoms with Crippen molar-refractivity contribution in [1.82, 2.24) is 0 Å². The molecule has 0 aliphatic heterocycles. The minimum atomic E-state index is -2.44. The highest BCUT2D eigenvalue weighted by Crippen LogP contribution is 2.14. The lowest BCUT2D eigenvalue weighted by Gasteiger charge is -2.11. The van der Waals surface area contributed by atoms with E-state index in [4.69, 9.17) is 10.8 Å². The number of hydrogen-bond donors (Lipinski definition) is 2. The second-order valence-corrected chi connectivity index (χ2v) is 3.51. The largest absolute Gasteiger partial charge is 0.480 e. The zero-order chi connectivity index (χ0) is 12.1. The molecule has 88 valence electrons. The molecular weight excluding hydrogens is 216 g/mol. The van der Waals surface area contributed by atoms with Crippen LogP contribution in [-0.4, -0.2) is 23.5 Å². The number of carbonyl (C=O) groups is 1. The smallest absolute Gasteiger partial charge is 0.320 e. The summed E-state index contributed by atoms with van der Waals surface area (Å²) in [5, 5.41) is 8.64. The van der Waals surface area contributed by atoms with Crippen molar-refractivity contribution in [3.05, 3.63) is 35.4 Å². The summed E-state index contributed by atoms with van der Waals surface area (Å²) >= 11 is 0. The third-order valence-electron chi connectivity index (χ3n) is 2.25. The van der Waals surface area contributed by atoms with Crippen molar-refractivity contribution in [2.75, 3.05) is 0 Å². The highest BCUT2D eigenvalue weighted by molar-refractivity contribution is 5.73. The number of benzene rings is 1. The second-order valence-electron chi connectivity index (χ2n) is 3.51. The van der Waals surface area contributed by atoms with E-state index in [1.165, 1.54) is 0 Å². The average Bonchev–Trinajstić information content (AvgIpc) is 2.20. The average molecular weight is 229 g/mol. The number of nitrogens with two attached hydrogens (primary N) is 1. The molecule has 0 amide bonds. The third-order valence-corrected chi connectivity index (χ3v) is 2.25. The molecule has 0 aliphatic rings. The molecule has 0 fully saturated rings. The van der Waals surface area contributed by atoms with E-state index >= 15 is 0 Å². The third kappa shape index (κ3) is 3.58. The van der Waals surface area contributed by atoms with E-state index in [2.05, 4.69) is 0 Å². The number of hydrogen-bond acceptors (Lipinski definition) is 2. The van der Waals surface area contributed by atoms with Crippen LogP contribution in [0.5, 0.6) is 0 Å². The Kier molecular flexibility index (Phi) is 4.37. The quantitative estimate of drug-likeness (QED) is 0.803. The zero-order valence-corrected chi connectivity index (χ0v) is 8.57. The van der Waals surface area contributed by atoms with Gasteiger partial charge >= 0.3 is 5.97 Å². The lowest BCUT2D eigenvalue weighted by atomic mass is 9.99. The van der Waals surface area contributed by atoms with Crippen LogP contribution >= 0.6 is 0 Å². The Morgan fingerprint density at radius 1 is 1.25 bits per heavy atom. The monoisotopic (exact) mass is 229 g/mol. The van der Waals surface area contributed by atoms with Gasteiger partial charge in [-0.15, -0.1) is 0 Å². The fourth-order valence-electron chi connectivity index (χ4n) is 1.45. The molecule has 0 saturated carbocycles.